The number of methoxy groups -OCH3 is 1. The van der Waals surface area contributed by atoms with Gasteiger partial charge in [0.1, 0.15) is 5.75 Å². The van der Waals surface area contributed by atoms with E-state index in [2.05, 4.69) is 8.92 Å². The smallest absolute Gasteiger partial charge is 0.469 e. The number of rotatable bonds is 4. The van der Waals surface area contributed by atoms with Crippen molar-refractivity contribution in [2.75, 3.05) is 7.11 Å². The van der Waals surface area contributed by atoms with E-state index < -0.39 is 33.3 Å². The Labute approximate surface area is 113 Å². The van der Waals surface area contributed by atoms with Crippen molar-refractivity contribution >= 4 is 16.1 Å². The van der Waals surface area contributed by atoms with E-state index in [1.54, 1.807) is 0 Å². The SMILES string of the molecule is COC(=O)C(C)c1cccc(OS(=O)(=O)C(F)(F)F)c1. The van der Waals surface area contributed by atoms with Crippen molar-refractivity contribution in [2.24, 2.45) is 0 Å². The van der Waals surface area contributed by atoms with Crippen LogP contribution in [-0.2, 0) is 19.6 Å². The van der Waals surface area contributed by atoms with Crippen LogP contribution in [0, 0.1) is 0 Å². The Balaban J connectivity index is 3.04. The first kappa shape index (κ1) is 16.3. The van der Waals surface area contributed by atoms with Crippen molar-refractivity contribution in [1.29, 1.82) is 0 Å². The second-order valence-corrected chi connectivity index (χ2v) is 5.34. The van der Waals surface area contributed by atoms with Gasteiger partial charge in [-0.25, -0.2) is 0 Å². The predicted molar refractivity (Wildman–Crippen MR) is 62.5 cm³/mol. The summed E-state index contributed by atoms with van der Waals surface area (Å²) in [5.74, 6) is -1.91. The maximum Gasteiger partial charge on any atom is 0.534 e. The number of halogens is 3. The molecule has 0 amide bonds. The highest BCUT2D eigenvalue weighted by atomic mass is 32.2. The maximum atomic E-state index is 12.2. The van der Waals surface area contributed by atoms with E-state index in [0.717, 1.165) is 19.2 Å². The molecule has 0 aromatic heterocycles. The lowest BCUT2D eigenvalue weighted by Crippen LogP contribution is -2.28. The Kier molecular flexibility index (Phi) is 4.64. The van der Waals surface area contributed by atoms with E-state index in [-0.39, 0.29) is 5.56 Å². The molecule has 0 N–H and O–H groups in total. The van der Waals surface area contributed by atoms with Gasteiger partial charge < -0.3 is 8.92 Å². The van der Waals surface area contributed by atoms with Crippen molar-refractivity contribution < 1.29 is 35.3 Å². The molecule has 0 saturated heterocycles. The fourth-order valence-electron chi connectivity index (χ4n) is 1.32. The molecule has 0 bridgehead atoms. The van der Waals surface area contributed by atoms with Gasteiger partial charge in [-0.05, 0) is 24.6 Å². The molecule has 0 radical (unpaired) electrons. The van der Waals surface area contributed by atoms with Gasteiger partial charge >= 0.3 is 21.6 Å². The monoisotopic (exact) mass is 312 g/mol. The van der Waals surface area contributed by atoms with Gasteiger partial charge in [0.05, 0.1) is 13.0 Å². The van der Waals surface area contributed by atoms with Crippen LogP contribution in [0.25, 0.3) is 0 Å². The third-order valence-corrected chi connectivity index (χ3v) is 3.38. The standard InChI is InChI=1S/C11H11F3O5S/c1-7(10(15)18-2)8-4-3-5-9(6-8)19-20(16,17)11(12,13)14/h3-7H,1-2H3. The number of ether oxygens (including phenoxy) is 1. The van der Waals surface area contributed by atoms with Crippen LogP contribution in [0.1, 0.15) is 18.4 Å². The molecular weight excluding hydrogens is 301 g/mol. The number of benzene rings is 1. The summed E-state index contributed by atoms with van der Waals surface area (Å²) in [5.41, 5.74) is -5.25. The van der Waals surface area contributed by atoms with Crippen LogP contribution >= 0.6 is 0 Å². The van der Waals surface area contributed by atoms with E-state index in [4.69, 9.17) is 0 Å². The summed E-state index contributed by atoms with van der Waals surface area (Å²) in [7, 11) is -4.58. The number of esters is 1. The zero-order valence-electron chi connectivity index (χ0n) is 10.5. The normalized spacial score (nSPS) is 13.7. The lowest BCUT2D eigenvalue weighted by Gasteiger charge is -2.12. The highest BCUT2D eigenvalue weighted by molar-refractivity contribution is 7.87. The third-order valence-electron chi connectivity index (χ3n) is 2.40. The van der Waals surface area contributed by atoms with Crippen LogP contribution in [0.4, 0.5) is 13.2 Å². The number of hydrogen-bond acceptors (Lipinski definition) is 5. The minimum absolute atomic E-state index is 0.270. The van der Waals surface area contributed by atoms with E-state index >= 15 is 0 Å². The molecule has 0 saturated carbocycles. The molecule has 0 aliphatic rings. The second-order valence-electron chi connectivity index (χ2n) is 3.80. The molecule has 1 unspecified atom stereocenters. The lowest BCUT2D eigenvalue weighted by atomic mass is 10.0. The van der Waals surface area contributed by atoms with E-state index in [1.165, 1.54) is 19.1 Å². The number of hydrogen-bond donors (Lipinski definition) is 0. The summed E-state index contributed by atoms with van der Waals surface area (Å²) in [6, 6.07) is 4.78. The Bertz CT molecular complexity index is 594. The van der Waals surface area contributed by atoms with Gasteiger partial charge in [-0.1, -0.05) is 12.1 Å². The van der Waals surface area contributed by atoms with Gasteiger partial charge in [-0.2, -0.15) is 21.6 Å². The van der Waals surface area contributed by atoms with Gasteiger partial charge in [0.2, 0.25) is 0 Å². The fourth-order valence-corrected chi connectivity index (χ4v) is 1.77. The highest BCUT2D eigenvalue weighted by Crippen LogP contribution is 2.28. The summed E-state index contributed by atoms with van der Waals surface area (Å²) in [6.45, 7) is 1.46. The van der Waals surface area contributed by atoms with Crippen molar-refractivity contribution in [3.8, 4) is 5.75 Å². The second kappa shape index (κ2) is 5.70. The van der Waals surface area contributed by atoms with Crippen molar-refractivity contribution in [3.05, 3.63) is 29.8 Å². The molecule has 0 aliphatic carbocycles. The van der Waals surface area contributed by atoms with Gasteiger partial charge in [0.15, 0.2) is 0 Å². The Morgan fingerprint density at radius 1 is 1.30 bits per heavy atom. The molecule has 9 heteroatoms. The van der Waals surface area contributed by atoms with Crippen LogP contribution in [0.15, 0.2) is 24.3 Å². The van der Waals surface area contributed by atoms with Crippen molar-refractivity contribution in [3.63, 3.8) is 0 Å². The molecule has 1 rings (SSSR count). The Morgan fingerprint density at radius 3 is 2.40 bits per heavy atom. The molecule has 0 spiro atoms. The molecule has 5 nitrogen and oxygen atoms in total. The minimum Gasteiger partial charge on any atom is -0.469 e. The van der Waals surface area contributed by atoms with Crippen LogP contribution in [0.5, 0.6) is 5.75 Å². The van der Waals surface area contributed by atoms with Crippen LogP contribution < -0.4 is 4.18 Å². The number of carbonyl (C=O) groups excluding carboxylic acids is 1. The van der Waals surface area contributed by atoms with Gasteiger partial charge in [-0.3, -0.25) is 4.79 Å². The van der Waals surface area contributed by atoms with Crippen molar-refractivity contribution in [1.82, 2.24) is 0 Å². The van der Waals surface area contributed by atoms with E-state index in [0.29, 0.717) is 0 Å². The van der Waals surface area contributed by atoms with Gasteiger partial charge in [0, 0.05) is 0 Å². The summed E-state index contributed by atoms with van der Waals surface area (Å²) >= 11 is 0. The van der Waals surface area contributed by atoms with E-state index in [9.17, 15) is 26.4 Å². The Morgan fingerprint density at radius 2 is 1.90 bits per heavy atom. The molecule has 0 aliphatic heterocycles. The summed E-state index contributed by atoms with van der Waals surface area (Å²) in [5, 5.41) is 0. The van der Waals surface area contributed by atoms with Gasteiger partial charge in [-0.15, -0.1) is 0 Å². The third kappa shape index (κ3) is 3.62. The highest BCUT2D eigenvalue weighted by Gasteiger charge is 2.48. The quantitative estimate of drug-likeness (QED) is 0.484. The summed E-state index contributed by atoms with van der Waals surface area (Å²) in [6.07, 6.45) is 0. The predicted octanol–water partition coefficient (Wildman–Crippen LogP) is 2.19. The summed E-state index contributed by atoms with van der Waals surface area (Å²) < 4.78 is 66.7. The average molecular weight is 312 g/mol. The minimum atomic E-state index is -5.74. The molecule has 1 aromatic carbocycles. The molecule has 0 fully saturated rings. The molecule has 1 atom stereocenters. The number of alkyl halides is 3. The largest absolute Gasteiger partial charge is 0.534 e. The fraction of sp³-hybridized carbons (Fsp3) is 0.364. The molecule has 20 heavy (non-hydrogen) atoms. The molecular formula is C11H11F3O5S. The first-order chi connectivity index (χ1) is 9.08. The number of carbonyl (C=O) groups is 1. The lowest BCUT2D eigenvalue weighted by molar-refractivity contribution is -0.142. The molecule has 112 valence electrons. The first-order valence-corrected chi connectivity index (χ1v) is 6.68. The topological polar surface area (TPSA) is 69.7 Å². The first-order valence-electron chi connectivity index (χ1n) is 5.27. The molecule has 0 heterocycles. The van der Waals surface area contributed by atoms with Crippen LogP contribution in [0.3, 0.4) is 0 Å². The van der Waals surface area contributed by atoms with Crippen LogP contribution in [0.2, 0.25) is 0 Å². The van der Waals surface area contributed by atoms with Crippen LogP contribution in [-0.4, -0.2) is 27.0 Å². The zero-order chi connectivity index (χ0) is 15.6. The zero-order valence-corrected chi connectivity index (χ0v) is 11.3. The van der Waals surface area contributed by atoms with Gasteiger partial charge in [0.25, 0.3) is 0 Å². The average Bonchev–Trinajstić information content (AvgIpc) is 2.35. The van der Waals surface area contributed by atoms with Crippen molar-refractivity contribution in [2.45, 2.75) is 18.3 Å². The van der Waals surface area contributed by atoms with E-state index in [1.807, 2.05) is 0 Å². The molecule has 1 aromatic rings. The summed E-state index contributed by atoms with van der Waals surface area (Å²) in [4.78, 5) is 11.3. The maximum absolute atomic E-state index is 12.2. The Hall–Kier alpha value is -1.77.